The quantitative estimate of drug-likeness (QED) is 0.513. The van der Waals surface area contributed by atoms with Crippen molar-refractivity contribution in [2.24, 2.45) is 4.36 Å². The molecule has 0 radical (unpaired) electrons. The lowest BCUT2D eigenvalue weighted by atomic mass is 10.1. The van der Waals surface area contributed by atoms with Crippen molar-refractivity contribution in [1.29, 1.82) is 0 Å². The first kappa shape index (κ1) is 18.5. The Morgan fingerprint density at radius 1 is 1.19 bits per heavy atom. The van der Waals surface area contributed by atoms with Crippen molar-refractivity contribution in [3.05, 3.63) is 64.5 Å². The number of ether oxygens (including phenoxy) is 1. The summed E-state index contributed by atoms with van der Waals surface area (Å²) in [7, 11) is -0.740. The number of aromatic nitrogens is 1. The van der Waals surface area contributed by atoms with Crippen LogP contribution in [-0.2, 0) is 9.73 Å². The van der Waals surface area contributed by atoms with Gasteiger partial charge < -0.3 is 4.74 Å². The second-order valence-corrected chi connectivity index (χ2v) is 10.2. The molecule has 0 spiro atoms. The van der Waals surface area contributed by atoms with Gasteiger partial charge in [0.25, 0.3) is 0 Å². The summed E-state index contributed by atoms with van der Waals surface area (Å²) in [5.41, 5.74) is 2.87. The summed E-state index contributed by atoms with van der Waals surface area (Å²) in [4.78, 5) is 4.60. The number of hydrogen-bond donors (Lipinski definition) is 0. The molecule has 1 fully saturated rings. The summed E-state index contributed by atoms with van der Waals surface area (Å²) >= 11 is 7.42. The van der Waals surface area contributed by atoms with Gasteiger partial charge in [-0.2, -0.15) is 4.36 Å². The van der Waals surface area contributed by atoms with E-state index in [9.17, 15) is 4.21 Å². The zero-order valence-electron chi connectivity index (χ0n) is 14.8. The van der Waals surface area contributed by atoms with E-state index in [4.69, 9.17) is 16.3 Å². The van der Waals surface area contributed by atoms with E-state index in [2.05, 4.69) is 9.35 Å². The van der Waals surface area contributed by atoms with Crippen LogP contribution in [0.25, 0.3) is 11.3 Å². The molecule has 1 saturated heterocycles. The van der Waals surface area contributed by atoms with Crippen LogP contribution < -0.4 is 4.74 Å². The number of hydrogen-bond acceptors (Lipinski definition) is 5. The Kier molecular flexibility index (Phi) is 5.21. The largest absolute Gasteiger partial charge is 0.497 e. The van der Waals surface area contributed by atoms with E-state index in [-0.39, 0.29) is 5.25 Å². The molecule has 0 aliphatic carbocycles. The Hall–Kier alpha value is -1.89. The number of halogens is 1. The van der Waals surface area contributed by atoms with Crippen LogP contribution in [0.15, 0.2) is 58.3 Å². The highest BCUT2D eigenvalue weighted by Gasteiger charge is 2.31. The van der Waals surface area contributed by atoms with Gasteiger partial charge in [0.1, 0.15) is 5.75 Å². The second-order valence-electron chi connectivity index (χ2n) is 6.41. The summed E-state index contributed by atoms with van der Waals surface area (Å²) in [5, 5.41) is 3.15. The van der Waals surface area contributed by atoms with Crippen LogP contribution in [-0.4, -0.2) is 22.1 Å². The normalized spacial score (nSPS) is 21.9. The maximum Gasteiger partial charge on any atom is 0.218 e. The molecular weight excluding hydrogens is 400 g/mol. The first-order chi connectivity index (χ1) is 13.1. The van der Waals surface area contributed by atoms with Gasteiger partial charge in [-0.3, -0.25) is 0 Å². The molecule has 0 bridgehead atoms. The number of rotatable bonds is 4. The highest BCUT2D eigenvalue weighted by atomic mass is 35.5. The number of thiazole rings is 1. The Balaban J connectivity index is 1.64. The van der Waals surface area contributed by atoms with E-state index >= 15 is 0 Å². The lowest BCUT2D eigenvalue weighted by molar-refractivity contribution is 0.415. The summed E-state index contributed by atoms with van der Waals surface area (Å²) in [6, 6.07) is 15.3. The van der Waals surface area contributed by atoms with E-state index < -0.39 is 9.73 Å². The molecule has 2 atom stereocenters. The minimum Gasteiger partial charge on any atom is -0.497 e. The molecule has 2 unspecified atom stereocenters. The second kappa shape index (κ2) is 7.62. The highest BCUT2D eigenvalue weighted by molar-refractivity contribution is 7.94. The summed E-state index contributed by atoms with van der Waals surface area (Å²) in [6.45, 7) is 0. The monoisotopic (exact) mass is 418 g/mol. The average molecular weight is 419 g/mol. The van der Waals surface area contributed by atoms with Crippen molar-refractivity contribution in [3.63, 3.8) is 0 Å². The van der Waals surface area contributed by atoms with Crippen LogP contribution in [0.2, 0.25) is 5.02 Å². The predicted molar refractivity (Wildman–Crippen MR) is 113 cm³/mol. The third kappa shape index (κ3) is 3.88. The molecule has 7 heteroatoms. The first-order valence-corrected chi connectivity index (χ1v) is 11.7. The van der Waals surface area contributed by atoms with Crippen molar-refractivity contribution in [1.82, 2.24) is 4.98 Å². The summed E-state index contributed by atoms with van der Waals surface area (Å²) < 4.78 is 23.4. The first-order valence-electron chi connectivity index (χ1n) is 8.66. The molecule has 27 heavy (non-hydrogen) atoms. The van der Waals surface area contributed by atoms with Gasteiger partial charge in [0, 0.05) is 21.7 Å². The highest BCUT2D eigenvalue weighted by Crippen LogP contribution is 2.39. The molecular formula is C20H19ClN2O2S2. The molecule has 4 nitrogen and oxygen atoms in total. The molecule has 0 amide bonds. The fourth-order valence-corrected chi connectivity index (χ4v) is 7.04. The predicted octanol–water partition coefficient (Wildman–Crippen LogP) is 6.11. The minimum absolute atomic E-state index is 0.0666. The Morgan fingerprint density at radius 2 is 1.93 bits per heavy atom. The fraction of sp³-hybridized carbons (Fsp3) is 0.250. The van der Waals surface area contributed by atoms with Gasteiger partial charge in [-0.15, -0.1) is 11.3 Å². The van der Waals surface area contributed by atoms with E-state index in [1.807, 2.05) is 53.9 Å². The molecule has 4 rings (SSSR count). The maximum absolute atomic E-state index is 13.6. The van der Waals surface area contributed by atoms with Gasteiger partial charge in [0.05, 0.1) is 27.8 Å². The molecule has 0 saturated carbocycles. The van der Waals surface area contributed by atoms with Crippen LogP contribution >= 0.6 is 22.9 Å². The molecule has 0 N–H and O–H groups in total. The van der Waals surface area contributed by atoms with Crippen molar-refractivity contribution in [2.75, 3.05) is 12.9 Å². The molecule has 140 valence electrons. The average Bonchev–Trinajstić information content (AvgIpc) is 3.29. The lowest BCUT2D eigenvalue weighted by Crippen LogP contribution is -2.07. The van der Waals surface area contributed by atoms with Crippen molar-refractivity contribution < 1.29 is 8.95 Å². The van der Waals surface area contributed by atoms with Crippen LogP contribution in [0.5, 0.6) is 5.75 Å². The molecule has 2 heterocycles. The topological polar surface area (TPSA) is 51.5 Å². The van der Waals surface area contributed by atoms with Gasteiger partial charge in [-0.1, -0.05) is 23.7 Å². The SMILES string of the molecule is COc1ccc(-c2csc(N=S3(=O)CCCC3c3ccc(Cl)cc3)n2)cc1. The fourth-order valence-electron chi connectivity index (χ4n) is 3.30. The third-order valence-electron chi connectivity index (χ3n) is 4.70. The van der Waals surface area contributed by atoms with Crippen molar-refractivity contribution >= 4 is 37.8 Å². The van der Waals surface area contributed by atoms with E-state index in [1.165, 1.54) is 11.3 Å². The standard InChI is InChI=1S/C20H19ClN2O2S2/c1-25-17-10-6-14(7-11-17)18-13-26-20(22-18)23-27(24)12-2-3-19(27)15-4-8-16(21)9-5-15/h4-11,13,19H,2-3,12H2,1H3. The van der Waals surface area contributed by atoms with Crippen molar-refractivity contribution in [3.8, 4) is 17.0 Å². The molecule has 1 aliphatic rings. The van der Waals surface area contributed by atoms with Gasteiger partial charge >= 0.3 is 0 Å². The van der Waals surface area contributed by atoms with Crippen molar-refractivity contribution in [2.45, 2.75) is 18.1 Å². The maximum atomic E-state index is 13.6. The number of nitrogens with zero attached hydrogens (tertiary/aromatic N) is 2. The van der Waals surface area contributed by atoms with Gasteiger partial charge in [0.15, 0.2) is 0 Å². The molecule has 1 aromatic heterocycles. The molecule has 1 aliphatic heterocycles. The smallest absolute Gasteiger partial charge is 0.218 e. The summed E-state index contributed by atoms with van der Waals surface area (Å²) in [6.07, 6.45) is 1.78. The minimum atomic E-state index is -2.38. The number of methoxy groups -OCH3 is 1. The van der Waals surface area contributed by atoms with Gasteiger partial charge in [-0.05, 0) is 54.8 Å². The Bertz CT molecular complexity index is 1050. The van der Waals surface area contributed by atoms with E-state index in [1.54, 1.807) is 7.11 Å². The zero-order chi connectivity index (χ0) is 18.9. The summed E-state index contributed by atoms with van der Waals surface area (Å²) in [5.74, 6) is 1.41. The molecule has 2 aromatic carbocycles. The van der Waals surface area contributed by atoms with Crippen LogP contribution in [0.3, 0.4) is 0 Å². The molecule has 3 aromatic rings. The third-order valence-corrected chi connectivity index (χ3v) is 8.55. The lowest BCUT2D eigenvalue weighted by Gasteiger charge is -2.13. The Labute approximate surface area is 168 Å². The van der Waals surface area contributed by atoms with Gasteiger partial charge in [0.2, 0.25) is 5.13 Å². The van der Waals surface area contributed by atoms with Gasteiger partial charge in [-0.25, -0.2) is 9.19 Å². The van der Waals surface area contributed by atoms with E-state index in [0.717, 1.165) is 35.4 Å². The Morgan fingerprint density at radius 3 is 2.63 bits per heavy atom. The van der Waals surface area contributed by atoms with Crippen LogP contribution in [0.4, 0.5) is 5.13 Å². The van der Waals surface area contributed by atoms with E-state index in [0.29, 0.717) is 15.9 Å². The zero-order valence-corrected chi connectivity index (χ0v) is 17.2. The number of benzene rings is 2. The van der Waals surface area contributed by atoms with Crippen LogP contribution in [0, 0.1) is 0 Å². The van der Waals surface area contributed by atoms with Crippen LogP contribution in [0.1, 0.15) is 23.7 Å².